The largest absolute Gasteiger partial charge is 0.456 e. The molecule has 2 unspecified atom stereocenters. The lowest BCUT2D eigenvalue weighted by atomic mass is 9.44. The molecule has 62 heavy (non-hydrogen) atoms. The van der Waals surface area contributed by atoms with E-state index in [1.54, 1.807) is 66.7 Å². The third-order valence-corrected chi connectivity index (χ3v) is 13.4. The van der Waals surface area contributed by atoms with Crippen LogP contribution in [0.1, 0.15) is 90.7 Å². The second-order valence-electron chi connectivity index (χ2n) is 17.1. The van der Waals surface area contributed by atoms with Crippen molar-refractivity contribution in [3.8, 4) is 0 Å². The Morgan fingerprint density at radius 2 is 1.47 bits per heavy atom. The number of aliphatic hydroxyl groups is 3. The first-order valence-corrected chi connectivity index (χ1v) is 20.2. The van der Waals surface area contributed by atoms with Crippen LogP contribution in [0.5, 0.6) is 0 Å². The molecule has 328 valence electrons. The Hall–Kier alpha value is -5.74. The SMILES string of the molecule is [2H]C([2H])([2H])C(=O)O[C@H]1C(=O)[C@@]2(C)C([C@H](OC(=O)c3ccccc3)[C@]3(O)C[C@H](OC(=O)[C@H](O)[C@@H](NC(=O)c4ccccc4)c4ccccc4)C(C)=C1C3(C)C)[C@]1(OC(C)=O)COC1C[C@@H]2O. The van der Waals surface area contributed by atoms with E-state index in [-0.39, 0.29) is 28.7 Å². The maximum Gasteiger partial charge on any atom is 0.338 e. The molecule has 4 N–H and O–H groups in total. The molecule has 3 aromatic carbocycles. The fraction of sp³-hybridized carbons (Fsp3) is 0.447. The molecule has 2 bridgehead atoms. The zero-order valence-electron chi connectivity index (χ0n) is 37.7. The first-order valence-electron chi connectivity index (χ1n) is 21.7. The van der Waals surface area contributed by atoms with Gasteiger partial charge in [0.1, 0.15) is 23.9 Å². The van der Waals surface area contributed by atoms with Crippen molar-refractivity contribution in [2.45, 2.75) is 108 Å². The van der Waals surface area contributed by atoms with Crippen LogP contribution in [0.15, 0.2) is 102 Å². The summed E-state index contributed by atoms with van der Waals surface area (Å²) in [6.45, 7) is 2.81. The molecule has 1 amide bonds. The zero-order chi connectivity index (χ0) is 47.4. The summed E-state index contributed by atoms with van der Waals surface area (Å²) in [7, 11) is 0. The highest BCUT2D eigenvalue weighted by atomic mass is 16.6. The van der Waals surface area contributed by atoms with Gasteiger partial charge in [0.25, 0.3) is 5.91 Å². The van der Waals surface area contributed by atoms with Crippen molar-refractivity contribution < 1.29 is 71.9 Å². The second-order valence-corrected chi connectivity index (χ2v) is 17.1. The average Bonchev–Trinajstić information content (AvgIpc) is 3.26. The molecule has 4 aliphatic rings. The molecule has 3 fully saturated rings. The number of fused-ring (bicyclic) bond motifs is 5. The average molecular weight is 857 g/mol. The van der Waals surface area contributed by atoms with Crippen molar-refractivity contribution in [2.75, 3.05) is 6.61 Å². The van der Waals surface area contributed by atoms with Crippen LogP contribution in [-0.2, 0) is 42.9 Å². The Labute approximate surface area is 362 Å². The number of esters is 4. The van der Waals surface area contributed by atoms with Gasteiger partial charge in [0, 0.05) is 41.7 Å². The molecule has 0 radical (unpaired) electrons. The number of aliphatic hydroxyl groups excluding tert-OH is 2. The number of ketones is 1. The predicted octanol–water partition coefficient (Wildman–Crippen LogP) is 3.74. The molecule has 15 nitrogen and oxygen atoms in total. The number of amides is 1. The van der Waals surface area contributed by atoms with Gasteiger partial charge >= 0.3 is 23.9 Å². The van der Waals surface area contributed by atoms with Crippen LogP contribution in [0.3, 0.4) is 0 Å². The van der Waals surface area contributed by atoms with E-state index >= 15 is 4.79 Å². The van der Waals surface area contributed by atoms with Crippen molar-refractivity contribution in [1.82, 2.24) is 5.32 Å². The highest BCUT2D eigenvalue weighted by Gasteiger charge is 2.78. The molecule has 1 saturated heterocycles. The van der Waals surface area contributed by atoms with Crippen molar-refractivity contribution in [3.05, 3.63) is 119 Å². The fourth-order valence-corrected chi connectivity index (χ4v) is 10.1. The molecule has 2 saturated carbocycles. The van der Waals surface area contributed by atoms with E-state index in [0.29, 0.717) is 5.56 Å². The quantitative estimate of drug-likeness (QED) is 0.130. The highest BCUT2D eigenvalue weighted by molar-refractivity contribution is 5.96. The van der Waals surface area contributed by atoms with Crippen molar-refractivity contribution in [3.63, 3.8) is 0 Å². The molecule has 1 aliphatic heterocycles. The van der Waals surface area contributed by atoms with Gasteiger partial charge in [-0.2, -0.15) is 0 Å². The highest BCUT2D eigenvalue weighted by Crippen LogP contribution is 2.64. The minimum atomic E-state index is -3.43. The lowest BCUT2D eigenvalue weighted by Crippen LogP contribution is -2.82. The standard InChI is InChI=1S/C47H51NO14/c1-25-31(60-43(56)36(52)35(28-16-10-7-11-17-28)48-41(54)29-18-12-8-13-19-29)23-47(57)40(61-42(55)30-20-14-9-15-21-30)38-45(6,32(51)22-33-46(38,24-58-33)62-27(3)50)39(53)37(59-26(2)49)34(25)44(47,4)5/h7-21,31-33,35-38,40,51-52,57H,22-24H2,1-6H3,(H,48,54)/t31-,32-,33?,35-,36+,37+,38?,40-,45+,46-,47+/m0/s1/i2D3. The number of nitrogens with one attached hydrogen (secondary N) is 1. The number of hydrogen-bond acceptors (Lipinski definition) is 14. The Morgan fingerprint density at radius 3 is 2.03 bits per heavy atom. The molecular weight excluding hydrogens is 803 g/mol. The molecule has 3 aliphatic carbocycles. The van der Waals surface area contributed by atoms with E-state index in [2.05, 4.69) is 5.32 Å². The molecule has 15 heteroatoms. The van der Waals surface area contributed by atoms with Crippen LogP contribution in [0.25, 0.3) is 0 Å². The topological polar surface area (TPSA) is 221 Å². The van der Waals surface area contributed by atoms with Crippen molar-refractivity contribution in [1.29, 1.82) is 0 Å². The summed E-state index contributed by atoms with van der Waals surface area (Å²) in [6, 6.07) is 22.3. The van der Waals surface area contributed by atoms with Gasteiger partial charge in [0.15, 0.2) is 23.6 Å². The van der Waals surface area contributed by atoms with Crippen LogP contribution in [0.4, 0.5) is 0 Å². The first-order chi connectivity index (χ1) is 30.5. The number of carbonyl (C=O) groups excluding carboxylic acids is 6. The van der Waals surface area contributed by atoms with Gasteiger partial charge < -0.3 is 44.3 Å². The third-order valence-electron chi connectivity index (χ3n) is 13.4. The Morgan fingerprint density at radius 1 is 0.871 bits per heavy atom. The Kier molecular flexibility index (Phi) is 10.7. The Bertz CT molecular complexity index is 2390. The molecule has 11 atom stereocenters. The normalized spacial score (nSPS) is 32.8. The summed E-state index contributed by atoms with van der Waals surface area (Å²) in [5, 5.41) is 40.3. The monoisotopic (exact) mass is 856 g/mol. The number of hydrogen-bond donors (Lipinski definition) is 4. The maximum absolute atomic E-state index is 15.6. The summed E-state index contributed by atoms with van der Waals surface area (Å²) >= 11 is 0. The fourth-order valence-electron chi connectivity index (χ4n) is 10.1. The van der Waals surface area contributed by atoms with Gasteiger partial charge in [-0.1, -0.05) is 80.6 Å². The van der Waals surface area contributed by atoms with Gasteiger partial charge in [-0.15, -0.1) is 0 Å². The minimum absolute atomic E-state index is 0.00569. The number of Topliss-reactive ketones (excluding diaryl/α,β-unsaturated/α-hetero) is 1. The Balaban J connectivity index is 1.41. The van der Waals surface area contributed by atoms with Gasteiger partial charge in [0.2, 0.25) is 0 Å². The van der Waals surface area contributed by atoms with Gasteiger partial charge in [-0.3, -0.25) is 19.2 Å². The summed E-state index contributed by atoms with van der Waals surface area (Å²) in [4.78, 5) is 84.2. The number of benzene rings is 3. The third kappa shape index (κ3) is 7.29. The number of rotatable bonds is 10. The predicted molar refractivity (Wildman–Crippen MR) is 218 cm³/mol. The van der Waals surface area contributed by atoms with Crippen molar-refractivity contribution in [2.24, 2.45) is 16.7 Å². The second kappa shape index (κ2) is 16.5. The van der Waals surface area contributed by atoms with Crippen molar-refractivity contribution >= 4 is 35.6 Å². The summed E-state index contributed by atoms with van der Waals surface area (Å²) in [5.74, 6) is -8.46. The van der Waals surface area contributed by atoms with E-state index in [1.807, 2.05) is 0 Å². The summed E-state index contributed by atoms with van der Waals surface area (Å²) in [6.07, 6.45) is -11.8. The van der Waals surface area contributed by atoms with E-state index in [4.69, 9.17) is 27.8 Å². The maximum atomic E-state index is 15.6. The minimum Gasteiger partial charge on any atom is -0.456 e. The molecule has 0 spiro atoms. The lowest BCUT2D eigenvalue weighted by molar-refractivity contribution is -0.346. The van der Waals surface area contributed by atoms with Crippen LogP contribution in [0, 0.1) is 16.7 Å². The molecule has 1 heterocycles. The van der Waals surface area contributed by atoms with Crippen LogP contribution >= 0.6 is 0 Å². The lowest BCUT2D eigenvalue weighted by Gasteiger charge is -2.67. The molecular formula is C47H51NO14. The smallest absolute Gasteiger partial charge is 0.338 e. The molecule has 0 aromatic heterocycles. The van der Waals surface area contributed by atoms with Gasteiger partial charge in [-0.05, 0) is 54.8 Å². The first kappa shape index (κ1) is 40.3. The van der Waals surface area contributed by atoms with Crippen LogP contribution < -0.4 is 5.32 Å². The summed E-state index contributed by atoms with van der Waals surface area (Å²) in [5.41, 5.74) is -8.31. The number of carbonyl (C=O) groups is 6. The molecule has 3 aromatic rings. The summed E-state index contributed by atoms with van der Waals surface area (Å²) < 4.78 is 53.6. The van der Waals surface area contributed by atoms with Gasteiger partial charge in [-0.25, -0.2) is 9.59 Å². The van der Waals surface area contributed by atoms with Gasteiger partial charge in [0.05, 0.1) is 35.6 Å². The van der Waals surface area contributed by atoms with E-state index in [1.165, 1.54) is 52.0 Å². The van der Waals surface area contributed by atoms with E-state index < -0.39 is 126 Å². The number of ether oxygens (including phenoxy) is 5. The zero-order valence-corrected chi connectivity index (χ0v) is 34.7. The van der Waals surface area contributed by atoms with Crippen LogP contribution in [0.2, 0.25) is 0 Å². The molecule has 7 rings (SSSR count). The van der Waals surface area contributed by atoms with Crippen LogP contribution in [-0.4, -0.2) is 105 Å². The van der Waals surface area contributed by atoms with E-state index in [9.17, 15) is 39.3 Å². The van der Waals surface area contributed by atoms with E-state index in [0.717, 1.165) is 6.92 Å².